The van der Waals surface area contributed by atoms with E-state index in [0.29, 0.717) is 6.29 Å². The van der Waals surface area contributed by atoms with Crippen LogP contribution in [0.2, 0.25) is 0 Å². The molecule has 1 aliphatic rings. The summed E-state index contributed by atoms with van der Waals surface area (Å²) in [6, 6.07) is 2.63. The number of hydrogen-bond donors (Lipinski definition) is 0. The lowest BCUT2D eigenvalue weighted by molar-refractivity contribution is -0.187. The van der Waals surface area contributed by atoms with E-state index in [2.05, 4.69) is 0 Å². The van der Waals surface area contributed by atoms with Crippen LogP contribution in [-0.4, -0.2) is 17.0 Å². The van der Waals surface area contributed by atoms with Crippen LogP contribution < -0.4 is 0 Å². The zero-order valence-corrected chi connectivity index (χ0v) is 8.97. The van der Waals surface area contributed by atoms with Crippen molar-refractivity contribution in [1.82, 2.24) is 4.57 Å². The number of aromatic nitrogens is 1. The molecule has 0 radical (unpaired) electrons. The van der Waals surface area contributed by atoms with Crippen LogP contribution in [0.4, 0.5) is 13.2 Å². The smallest absolute Gasteiger partial charge is 0.347 e. The first-order valence-corrected chi connectivity index (χ1v) is 5.35. The van der Waals surface area contributed by atoms with Crippen LogP contribution in [0.25, 0.3) is 0 Å². The summed E-state index contributed by atoms with van der Waals surface area (Å²) >= 11 is 0. The highest BCUT2D eigenvalue weighted by Crippen LogP contribution is 2.42. The molecule has 92 valence electrons. The van der Waals surface area contributed by atoms with Crippen LogP contribution in [0, 0.1) is 11.8 Å². The van der Waals surface area contributed by atoms with Crippen molar-refractivity contribution in [3.05, 3.63) is 36.7 Å². The summed E-state index contributed by atoms with van der Waals surface area (Å²) in [5, 5.41) is 0. The minimum Gasteiger partial charge on any atom is -0.347 e. The Bertz CT molecular complexity index is 408. The Morgan fingerprint density at radius 2 is 1.82 bits per heavy atom. The second-order valence-electron chi connectivity index (χ2n) is 4.19. The van der Waals surface area contributed by atoms with E-state index in [-0.39, 0.29) is 6.42 Å². The van der Waals surface area contributed by atoms with E-state index in [1.807, 2.05) is 0 Å². The highest BCUT2D eigenvalue weighted by atomic mass is 19.4. The number of nitrogens with zero attached hydrogens (tertiary/aromatic N) is 1. The van der Waals surface area contributed by atoms with Gasteiger partial charge >= 0.3 is 6.18 Å². The summed E-state index contributed by atoms with van der Waals surface area (Å²) in [6.45, 7) is 0. The fourth-order valence-electron chi connectivity index (χ4n) is 2.18. The minimum absolute atomic E-state index is 0.174. The van der Waals surface area contributed by atoms with Gasteiger partial charge in [0.2, 0.25) is 0 Å². The van der Waals surface area contributed by atoms with Gasteiger partial charge in [-0.15, -0.1) is 0 Å². The Labute approximate surface area is 96.7 Å². The maximum Gasteiger partial charge on any atom is 0.394 e. The number of carbonyl (C=O) groups excluding carboxylic acids is 1. The number of alkyl halides is 3. The Morgan fingerprint density at radius 3 is 2.35 bits per heavy atom. The molecule has 0 bridgehead atoms. The molecule has 17 heavy (non-hydrogen) atoms. The first-order chi connectivity index (χ1) is 8.02. The van der Waals surface area contributed by atoms with Crippen molar-refractivity contribution in [2.24, 2.45) is 11.8 Å². The van der Waals surface area contributed by atoms with Gasteiger partial charge < -0.3 is 9.36 Å². The largest absolute Gasteiger partial charge is 0.394 e. The molecule has 2 nitrogen and oxygen atoms in total. The fraction of sp³-hybridized carbons (Fsp3) is 0.417. The predicted molar refractivity (Wildman–Crippen MR) is 56.3 cm³/mol. The van der Waals surface area contributed by atoms with Crippen molar-refractivity contribution < 1.29 is 18.0 Å². The Hall–Kier alpha value is -1.52. The molecular weight excluding hydrogens is 231 g/mol. The fourth-order valence-corrected chi connectivity index (χ4v) is 2.18. The molecule has 0 saturated heterocycles. The first-order valence-electron chi connectivity index (χ1n) is 5.35. The van der Waals surface area contributed by atoms with E-state index in [4.69, 9.17) is 0 Å². The number of aldehydes is 1. The average molecular weight is 243 g/mol. The highest BCUT2D eigenvalue weighted by molar-refractivity contribution is 5.57. The Balaban J connectivity index is 2.32. The van der Waals surface area contributed by atoms with Crippen molar-refractivity contribution in [2.45, 2.75) is 18.6 Å². The normalized spacial score (nSPS) is 29.2. The standard InChI is InChI=1S/C12H12F3NO/c13-12(14,15)10-7-9(8-17)3-4-11(10)16-5-1-2-6-16/h1-6,8-11H,7H2. The number of halogens is 3. The van der Waals surface area contributed by atoms with Gasteiger partial charge in [-0.1, -0.05) is 12.2 Å². The third-order valence-electron chi connectivity index (χ3n) is 3.06. The van der Waals surface area contributed by atoms with Crippen LogP contribution in [0.3, 0.4) is 0 Å². The van der Waals surface area contributed by atoms with Crippen molar-refractivity contribution in [2.75, 3.05) is 0 Å². The van der Waals surface area contributed by atoms with Gasteiger partial charge in [0, 0.05) is 18.3 Å². The second-order valence-corrected chi connectivity index (χ2v) is 4.19. The molecule has 3 unspecified atom stereocenters. The van der Waals surface area contributed by atoms with E-state index < -0.39 is 24.1 Å². The number of rotatable bonds is 2. The monoisotopic (exact) mass is 243 g/mol. The maximum absolute atomic E-state index is 12.9. The molecule has 5 heteroatoms. The molecule has 1 aromatic rings. The summed E-state index contributed by atoms with van der Waals surface area (Å²) in [5.41, 5.74) is 0. The van der Waals surface area contributed by atoms with Crippen LogP contribution >= 0.6 is 0 Å². The van der Waals surface area contributed by atoms with Gasteiger partial charge in [-0.05, 0) is 18.6 Å². The number of carbonyl (C=O) groups is 1. The second kappa shape index (κ2) is 4.39. The predicted octanol–water partition coefficient (Wildman–Crippen LogP) is 2.98. The summed E-state index contributed by atoms with van der Waals surface area (Å²) in [4.78, 5) is 10.6. The van der Waals surface area contributed by atoms with Crippen molar-refractivity contribution in [3.8, 4) is 0 Å². The average Bonchev–Trinajstić information content (AvgIpc) is 2.80. The molecular formula is C12H12F3NO. The van der Waals surface area contributed by atoms with Crippen LogP contribution in [0.1, 0.15) is 12.5 Å². The molecule has 1 aromatic heterocycles. The molecule has 0 aliphatic heterocycles. The molecule has 1 aliphatic carbocycles. The number of hydrogen-bond acceptors (Lipinski definition) is 1. The van der Waals surface area contributed by atoms with Gasteiger partial charge in [-0.2, -0.15) is 13.2 Å². The third-order valence-corrected chi connectivity index (χ3v) is 3.06. The topological polar surface area (TPSA) is 22.0 Å². The third kappa shape index (κ3) is 2.43. The Kier molecular flexibility index (Phi) is 3.09. The van der Waals surface area contributed by atoms with Crippen molar-refractivity contribution in [3.63, 3.8) is 0 Å². The van der Waals surface area contributed by atoms with Gasteiger partial charge in [0.25, 0.3) is 0 Å². The molecule has 0 fully saturated rings. The minimum atomic E-state index is -4.29. The van der Waals surface area contributed by atoms with E-state index in [1.54, 1.807) is 30.6 Å². The molecule has 0 saturated carbocycles. The zero-order valence-electron chi connectivity index (χ0n) is 8.97. The lowest BCUT2D eigenvalue weighted by Gasteiger charge is -2.32. The molecule has 0 N–H and O–H groups in total. The lowest BCUT2D eigenvalue weighted by Crippen LogP contribution is -2.35. The molecule has 2 rings (SSSR count). The maximum atomic E-state index is 12.9. The summed E-state index contributed by atoms with van der Waals surface area (Å²) in [6.07, 6.45) is 2.35. The molecule has 0 spiro atoms. The highest BCUT2D eigenvalue weighted by Gasteiger charge is 2.46. The number of allylic oxidation sites excluding steroid dienone is 2. The molecule has 1 heterocycles. The van der Waals surface area contributed by atoms with Gasteiger partial charge in [0.05, 0.1) is 12.0 Å². The van der Waals surface area contributed by atoms with Gasteiger partial charge in [0.15, 0.2) is 0 Å². The van der Waals surface area contributed by atoms with Crippen molar-refractivity contribution in [1.29, 1.82) is 0 Å². The summed E-state index contributed by atoms with van der Waals surface area (Å²) in [5.74, 6) is -2.14. The van der Waals surface area contributed by atoms with E-state index in [1.165, 1.54) is 10.6 Å². The quantitative estimate of drug-likeness (QED) is 0.578. The van der Waals surface area contributed by atoms with Gasteiger partial charge in [-0.3, -0.25) is 0 Å². The van der Waals surface area contributed by atoms with Gasteiger partial charge in [-0.25, -0.2) is 0 Å². The molecule has 3 atom stereocenters. The molecule has 0 aromatic carbocycles. The van der Waals surface area contributed by atoms with Crippen LogP contribution in [0.5, 0.6) is 0 Å². The molecule has 0 amide bonds. The van der Waals surface area contributed by atoms with Crippen LogP contribution in [0.15, 0.2) is 36.7 Å². The summed E-state index contributed by atoms with van der Waals surface area (Å²) < 4.78 is 40.3. The van der Waals surface area contributed by atoms with Crippen LogP contribution in [-0.2, 0) is 4.79 Å². The van der Waals surface area contributed by atoms with E-state index in [9.17, 15) is 18.0 Å². The summed E-state index contributed by atoms with van der Waals surface area (Å²) in [7, 11) is 0. The SMILES string of the molecule is O=CC1C=CC(n2cccc2)C(C(F)(F)F)C1. The van der Waals surface area contributed by atoms with Crippen molar-refractivity contribution >= 4 is 6.29 Å². The zero-order chi connectivity index (χ0) is 12.5. The lowest BCUT2D eigenvalue weighted by atomic mass is 9.83. The van der Waals surface area contributed by atoms with E-state index in [0.717, 1.165) is 0 Å². The Morgan fingerprint density at radius 1 is 1.18 bits per heavy atom. The first kappa shape index (κ1) is 12.0. The van der Waals surface area contributed by atoms with Gasteiger partial charge in [0.1, 0.15) is 6.29 Å². The van der Waals surface area contributed by atoms with E-state index >= 15 is 0 Å².